The van der Waals surface area contributed by atoms with Crippen molar-refractivity contribution in [3.63, 3.8) is 0 Å². The maximum atomic E-state index is 5.73. The summed E-state index contributed by atoms with van der Waals surface area (Å²) < 4.78 is 11.4. The van der Waals surface area contributed by atoms with Gasteiger partial charge >= 0.3 is 0 Å². The van der Waals surface area contributed by atoms with Gasteiger partial charge in [0.15, 0.2) is 5.96 Å². The topological polar surface area (TPSA) is 58.1 Å². The number of hydrogen-bond donors (Lipinski definition) is 2. The van der Waals surface area contributed by atoms with Crippen LogP contribution in [0.2, 0.25) is 0 Å². The van der Waals surface area contributed by atoms with Gasteiger partial charge in [-0.2, -0.15) is 0 Å². The van der Waals surface area contributed by atoms with E-state index in [0.29, 0.717) is 25.8 Å². The zero-order chi connectivity index (χ0) is 21.0. The molecule has 0 saturated carbocycles. The molecule has 1 fully saturated rings. The number of morpholine rings is 1. The number of nitrogens with one attached hydrogen (secondary N) is 2. The van der Waals surface area contributed by atoms with Crippen molar-refractivity contribution in [3.8, 4) is 5.75 Å². The Morgan fingerprint density at radius 1 is 1.13 bits per heavy atom. The van der Waals surface area contributed by atoms with Crippen LogP contribution in [0.1, 0.15) is 25.0 Å². The first-order chi connectivity index (χ1) is 14.7. The summed E-state index contributed by atoms with van der Waals surface area (Å²) in [5, 5.41) is 6.64. The van der Waals surface area contributed by atoms with E-state index in [0.717, 1.165) is 44.5 Å². The zero-order valence-electron chi connectivity index (χ0n) is 18.5. The average molecular weight is 538 g/mol. The minimum atomic E-state index is 0. The second-order valence-electron chi connectivity index (χ2n) is 7.52. The van der Waals surface area contributed by atoms with Crippen LogP contribution < -0.4 is 15.4 Å². The maximum absolute atomic E-state index is 5.73. The first-order valence-electron chi connectivity index (χ1n) is 10.8. The molecule has 1 aliphatic rings. The molecule has 2 N–H and O–H groups in total. The Balaban J connectivity index is 0.00000341. The molecule has 31 heavy (non-hydrogen) atoms. The summed E-state index contributed by atoms with van der Waals surface area (Å²) in [4.78, 5) is 7.19. The van der Waals surface area contributed by atoms with Crippen molar-refractivity contribution in [1.82, 2.24) is 15.5 Å². The number of nitrogens with zero attached hydrogens (tertiary/aromatic N) is 2. The Labute approximate surface area is 203 Å². The number of aliphatic imine (C=N–C) groups is 1. The van der Waals surface area contributed by atoms with Crippen LogP contribution in [0, 0.1) is 0 Å². The largest absolute Gasteiger partial charge is 0.492 e. The van der Waals surface area contributed by atoms with Gasteiger partial charge in [-0.25, -0.2) is 4.99 Å². The summed E-state index contributed by atoms with van der Waals surface area (Å²) in [6.07, 6.45) is 0.311. The molecule has 1 saturated heterocycles. The van der Waals surface area contributed by atoms with E-state index in [1.165, 1.54) is 11.1 Å². The molecule has 170 valence electrons. The van der Waals surface area contributed by atoms with Gasteiger partial charge < -0.3 is 20.1 Å². The third-order valence-electron chi connectivity index (χ3n) is 4.89. The molecule has 0 spiro atoms. The van der Waals surface area contributed by atoms with E-state index in [2.05, 4.69) is 53.6 Å². The molecule has 0 bridgehead atoms. The van der Waals surface area contributed by atoms with Crippen molar-refractivity contribution in [2.45, 2.75) is 33.0 Å². The summed E-state index contributed by atoms with van der Waals surface area (Å²) in [5.41, 5.74) is 2.54. The quantitative estimate of drug-likeness (QED) is 0.221. The van der Waals surface area contributed by atoms with Gasteiger partial charge in [0.25, 0.3) is 0 Å². The van der Waals surface area contributed by atoms with Crippen LogP contribution in [0.5, 0.6) is 5.75 Å². The van der Waals surface area contributed by atoms with E-state index in [9.17, 15) is 0 Å². The minimum absolute atomic E-state index is 0. The molecule has 1 aliphatic heterocycles. The molecule has 1 unspecified atom stereocenters. The molecule has 0 aliphatic carbocycles. The second-order valence-corrected chi connectivity index (χ2v) is 7.52. The van der Waals surface area contributed by atoms with Crippen LogP contribution in [0.25, 0.3) is 0 Å². The fraction of sp³-hybridized carbons (Fsp3) is 0.458. The molecule has 3 rings (SSSR count). The molecule has 1 heterocycles. The molecule has 7 heteroatoms. The Morgan fingerprint density at radius 3 is 2.71 bits per heavy atom. The molecule has 6 nitrogen and oxygen atoms in total. The van der Waals surface area contributed by atoms with E-state index in [1.54, 1.807) is 0 Å². The van der Waals surface area contributed by atoms with Crippen molar-refractivity contribution in [2.75, 3.05) is 39.4 Å². The highest BCUT2D eigenvalue weighted by Crippen LogP contribution is 2.13. The summed E-state index contributed by atoms with van der Waals surface area (Å²) in [7, 11) is 0. The van der Waals surface area contributed by atoms with Crippen molar-refractivity contribution in [3.05, 3.63) is 65.7 Å². The lowest BCUT2D eigenvalue weighted by Gasteiger charge is -2.31. The Kier molecular flexibility index (Phi) is 11.7. The number of hydrogen-bond acceptors (Lipinski definition) is 4. The monoisotopic (exact) mass is 538 g/mol. The van der Waals surface area contributed by atoms with Gasteiger partial charge in [0.1, 0.15) is 12.4 Å². The number of guanidine groups is 1. The Hall–Kier alpha value is -1.84. The van der Waals surface area contributed by atoms with Gasteiger partial charge in [0.05, 0.1) is 25.8 Å². The van der Waals surface area contributed by atoms with Crippen LogP contribution in [-0.2, 0) is 17.8 Å². The first-order valence-corrected chi connectivity index (χ1v) is 10.8. The summed E-state index contributed by atoms with van der Waals surface area (Å²) in [6, 6.07) is 18.6. The van der Waals surface area contributed by atoms with E-state index in [1.807, 2.05) is 30.3 Å². The van der Waals surface area contributed by atoms with Crippen LogP contribution in [0.15, 0.2) is 59.6 Å². The maximum Gasteiger partial charge on any atom is 0.191 e. The highest BCUT2D eigenvalue weighted by Gasteiger charge is 2.16. The van der Waals surface area contributed by atoms with Gasteiger partial charge in [-0.1, -0.05) is 42.5 Å². The summed E-state index contributed by atoms with van der Waals surface area (Å²) >= 11 is 0. The SMILES string of the molecule is CCNC(=NCc1cccc(CN2CCOC(C)C2)c1)NCCOc1ccccc1.I. The second kappa shape index (κ2) is 14.3. The number of para-hydroxylation sites is 1. The molecule has 0 radical (unpaired) electrons. The van der Waals surface area contributed by atoms with Crippen molar-refractivity contribution >= 4 is 29.9 Å². The minimum Gasteiger partial charge on any atom is -0.492 e. The number of benzene rings is 2. The lowest BCUT2D eigenvalue weighted by molar-refractivity contribution is -0.0212. The van der Waals surface area contributed by atoms with Gasteiger partial charge in [-0.15, -0.1) is 24.0 Å². The smallest absolute Gasteiger partial charge is 0.191 e. The van der Waals surface area contributed by atoms with Crippen molar-refractivity contribution < 1.29 is 9.47 Å². The number of halogens is 1. The van der Waals surface area contributed by atoms with E-state index < -0.39 is 0 Å². The zero-order valence-corrected chi connectivity index (χ0v) is 20.9. The normalized spacial score (nSPS) is 17.0. The summed E-state index contributed by atoms with van der Waals surface area (Å²) in [6.45, 7) is 10.7. The molecule has 0 amide bonds. The van der Waals surface area contributed by atoms with Gasteiger partial charge in [-0.05, 0) is 37.1 Å². The third kappa shape index (κ3) is 9.45. The fourth-order valence-corrected chi connectivity index (χ4v) is 3.49. The molecule has 2 aromatic rings. The standard InChI is InChI=1S/C24H34N4O2.HI/c1-3-25-24(26-12-14-30-23-10-5-4-6-11-23)27-17-21-8-7-9-22(16-21)19-28-13-15-29-20(2)18-28;/h4-11,16,20H,3,12-15,17-19H2,1-2H3,(H2,25,26,27);1H. The van der Waals surface area contributed by atoms with Gasteiger partial charge in [-0.3, -0.25) is 4.90 Å². The van der Waals surface area contributed by atoms with E-state index in [4.69, 9.17) is 14.5 Å². The Morgan fingerprint density at radius 2 is 1.94 bits per heavy atom. The molecule has 0 aromatic heterocycles. The van der Waals surface area contributed by atoms with Gasteiger partial charge in [0.2, 0.25) is 0 Å². The predicted octanol–water partition coefficient (Wildman–Crippen LogP) is 3.66. The summed E-state index contributed by atoms with van der Waals surface area (Å²) in [5.74, 6) is 1.69. The lowest BCUT2D eigenvalue weighted by Crippen LogP contribution is -2.40. The van der Waals surface area contributed by atoms with Crippen LogP contribution >= 0.6 is 24.0 Å². The predicted molar refractivity (Wildman–Crippen MR) is 137 cm³/mol. The number of rotatable bonds is 9. The third-order valence-corrected chi connectivity index (χ3v) is 4.89. The lowest BCUT2D eigenvalue weighted by atomic mass is 10.1. The molecule has 2 aromatic carbocycles. The van der Waals surface area contributed by atoms with Crippen molar-refractivity contribution in [1.29, 1.82) is 0 Å². The van der Waals surface area contributed by atoms with Crippen molar-refractivity contribution in [2.24, 2.45) is 4.99 Å². The van der Waals surface area contributed by atoms with Crippen LogP contribution in [-0.4, -0.2) is 56.4 Å². The van der Waals surface area contributed by atoms with Gasteiger partial charge in [0, 0.05) is 26.2 Å². The van der Waals surface area contributed by atoms with E-state index >= 15 is 0 Å². The molecule has 1 atom stereocenters. The van der Waals surface area contributed by atoms with Crippen LogP contribution in [0.3, 0.4) is 0 Å². The van der Waals surface area contributed by atoms with Crippen LogP contribution in [0.4, 0.5) is 0 Å². The highest BCUT2D eigenvalue weighted by molar-refractivity contribution is 14.0. The number of ether oxygens (including phenoxy) is 2. The average Bonchev–Trinajstić information content (AvgIpc) is 2.76. The Bertz CT molecular complexity index is 788. The molecular formula is C24H35IN4O2. The highest BCUT2D eigenvalue weighted by atomic mass is 127. The van der Waals surface area contributed by atoms with E-state index in [-0.39, 0.29) is 24.0 Å². The molecular weight excluding hydrogens is 503 g/mol. The first kappa shape index (κ1) is 25.4. The fourth-order valence-electron chi connectivity index (χ4n) is 3.49.